The van der Waals surface area contributed by atoms with Gasteiger partial charge in [0.2, 0.25) is 0 Å². The summed E-state index contributed by atoms with van der Waals surface area (Å²) < 4.78 is 51.2. The normalized spacial score (nSPS) is 11.2. The van der Waals surface area contributed by atoms with Gasteiger partial charge in [-0.15, -0.1) is 0 Å². The molecule has 23 heavy (non-hydrogen) atoms. The first-order valence-corrected chi connectivity index (χ1v) is 8.28. The zero-order valence-electron chi connectivity index (χ0n) is 13.3. The summed E-state index contributed by atoms with van der Waals surface area (Å²) >= 11 is 0. The Labute approximate surface area is 135 Å². The summed E-state index contributed by atoms with van der Waals surface area (Å²) in [4.78, 5) is -0.0296. The zero-order valence-corrected chi connectivity index (χ0v) is 14.1. The van der Waals surface area contributed by atoms with E-state index in [4.69, 9.17) is 9.47 Å². The molecule has 0 aliphatic rings. The highest BCUT2D eigenvalue weighted by Gasteiger charge is 2.19. The molecule has 0 bridgehead atoms. The topological polar surface area (TPSA) is 64.6 Å². The molecule has 2 aromatic rings. The van der Waals surface area contributed by atoms with Crippen LogP contribution in [0.25, 0.3) is 0 Å². The first-order chi connectivity index (χ1) is 10.8. The van der Waals surface area contributed by atoms with Gasteiger partial charge in [-0.05, 0) is 49.2 Å². The van der Waals surface area contributed by atoms with Crippen molar-refractivity contribution in [2.45, 2.75) is 18.7 Å². The number of methoxy groups -OCH3 is 2. The van der Waals surface area contributed by atoms with Gasteiger partial charge in [0.15, 0.2) is 0 Å². The van der Waals surface area contributed by atoms with Crippen LogP contribution < -0.4 is 14.2 Å². The Morgan fingerprint density at radius 2 is 1.61 bits per heavy atom. The molecular formula is C16H18FNO4S. The Morgan fingerprint density at radius 3 is 2.17 bits per heavy atom. The Morgan fingerprint density at radius 1 is 0.957 bits per heavy atom. The molecule has 0 aromatic heterocycles. The number of anilines is 1. The number of halogens is 1. The minimum Gasteiger partial charge on any atom is -0.496 e. The number of hydrogen-bond acceptors (Lipinski definition) is 4. The van der Waals surface area contributed by atoms with Crippen LogP contribution in [0.3, 0.4) is 0 Å². The number of rotatable bonds is 5. The molecule has 0 aliphatic heterocycles. The summed E-state index contributed by atoms with van der Waals surface area (Å²) in [6.07, 6.45) is 0. The molecule has 5 nitrogen and oxygen atoms in total. The molecule has 0 amide bonds. The summed E-state index contributed by atoms with van der Waals surface area (Å²) in [5, 5.41) is 0. The van der Waals surface area contributed by atoms with Crippen molar-refractivity contribution in [1.82, 2.24) is 0 Å². The highest BCUT2D eigenvalue weighted by atomic mass is 32.2. The Hall–Kier alpha value is -2.28. The van der Waals surface area contributed by atoms with E-state index >= 15 is 0 Å². The molecule has 124 valence electrons. The molecule has 0 radical (unpaired) electrons. The molecule has 0 fully saturated rings. The van der Waals surface area contributed by atoms with Crippen LogP contribution in [-0.2, 0) is 10.0 Å². The second-order valence-corrected chi connectivity index (χ2v) is 6.72. The monoisotopic (exact) mass is 339 g/mol. The van der Waals surface area contributed by atoms with Gasteiger partial charge < -0.3 is 9.47 Å². The predicted octanol–water partition coefficient (Wildman–Crippen LogP) is 3.26. The van der Waals surface area contributed by atoms with E-state index in [9.17, 15) is 12.8 Å². The van der Waals surface area contributed by atoms with E-state index in [1.165, 1.54) is 33.3 Å². The van der Waals surface area contributed by atoms with Crippen LogP contribution in [0.15, 0.2) is 35.2 Å². The lowest BCUT2D eigenvalue weighted by Crippen LogP contribution is -2.14. The quantitative estimate of drug-likeness (QED) is 0.908. The summed E-state index contributed by atoms with van der Waals surface area (Å²) in [5.41, 5.74) is 1.31. The number of hydrogen-bond donors (Lipinski definition) is 1. The molecule has 0 saturated carbocycles. The van der Waals surface area contributed by atoms with Crippen molar-refractivity contribution in [3.05, 3.63) is 47.3 Å². The average molecular weight is 339 g/mol. The van der Waals surface area contributed by atoms with Crippen LogP contribution >= 0.6 is 0 Å². The largest absolute Gasteiger partial charge is 0.496 e. The van der Waals surface area contributed by atoms with Crippen LogP contribution in [0.2, 0.25) is 0 Å². The smallest absolute Gasteiger partial charge is 0.262 e. The van der Waals surface area contributed by atoms with Crippen molar-refractivity contribution in [1.29, 1.82) is 0 Å². The van der Waals surface area contributed by atoms with E-state index in [1.807, 2.05) is 6.92 Å². The molecular weight excluding hydrogens is 321 g/mol. The van der Waals surface area contributed by atoms with E-state index in [-0.39, 0.29) is 16.1 Å². The minimum atomic E-state index is -3.88. The highest BCUT2D eigenvalue weighted by Crippen LogP contribution is 2.34. The molecule has 2 rings (SSSR count). The van der Waals surface area contributed by atoms with E-state index in [2.05, 4.69) is 4.72 Å². The minimum absolute atomic E-state index is 0.0296. The van der Waals surface area contributed by atoms with Crippen LogP contribution in [-0.4, -0.2) is 22.6 Å². The lowest BCUT2D eigenvalue weighted by Gasteiger charge is -2.15. The van der Waals surface area contributed by atoms with Crippen LogP contribution in [0.5, 0.6) is 11.5 Å². The average Bonchev–Trinajstić information content (AvgIpc) is 2.50. The van der Waals surface area contributed by atoms with Crippen LogP contribution in [0, 0.1) is 19.7 Å². The first kappa shape index (κ1) is 17.1. The lowest BCUT2D eigenvalue weighted by molar-refractivity contribution is 0.402. The van der Waals surface area contributed by atoms with Gasteiger partial charge in [0.25, 0.3) is 10.0 Å². The lowest BCUT2D eigenvalue weighted by atomic mass is 10.2. The SMILES string of the molecule is COc1cc(NS(=O)(=O)c2ccc(F)c(C)c2)c(OC)cc1C. The summed E-state index contributed by atoms with van der Waals surface area (Å²) in [6.45, 7) is 3.33. The maximum Gasteiger partial charge on any atom is 0.262 e. The summed E-state index contributed by atoms with van der Waals surface area (Å²) in [7, 11) is -0.933. The van der Waals surface area contributed by atoms with E-state index < -0.39 is 15.8 Å². The fourth-order valence-electron chi connectivity index (χ4n) is 2.12. The maximum absolute atomic E-state index is 13.3. The van der Waals surface area contributed by atoms with E-state index in [0.717, 1.165) is 11.6 Å². The second-order valence-electron chi connectivity index (χ2n) is 5.04. The number of nitrogens with one attached hydrogen (secondary N) is 1. The van der Waals surface area contributed by atoms with Crippen molar-refractivity contribution >= 4 is 15.7 Å². The van der Waals surface area contributed by atoms with Crippen molar-refractivity contribution in [3.63, 3.8) is 0 Å². The zero-order chi connectivity index (χ0) is 17.2. The van der Waals surface area contributed by atoms with Crippen molar-refractivity contribution in [2.75, 3.05) is 18.9 Å². The fraction of sp³-hybridized carbons (Fsp3) is 0.250. The third-order valence-electron chi connectivity index (χ3n) is 3.40. The molecule has 7 heteroatoms. The Kier molecular flexibility index (Phi) is 4.79. The molecule has 0 spiro atoms. The van der Waals surface area contributed by atoms with Gasteiger partial charge in [0.05, 0.1) is 24.8 Å². The molecule has 0 unspecified atom stereocenters. The molecule has 2 aromatic carbocycles. The van der Waals surface area contributed by atoms with Crippen molar-refractivity contribution < 1.29 is 22.3 Å². The Bertz CT molecular complexity index is 834. The molecule has 0 atom stereocenters. The number of sulfonamides is 1. The van der Waals surface area contributed by atoms with Gasteiger partial charge in [-0.1, -0.05) is 0 Å². The highest BCUT2D eigenvalue weighted by molar-refractivity contribution is 7.92. The number of aryl methyl sites for hydroxylation is 2. The van der Waals surface area contributed by atoms with Crippen molar-refractivity contribution in [3.8, 4) is 11.5 Å². The number of ether oxygens (including phenoxy) is 2. The van der Waals surface area contributed by atoms with E-state index in [0.29, 0.717) is 11.5 Å². The maximum atomic E-state index is 13.3. The molecule has 0 heterocycles. The molecule has 0 aliphatic carbocycles. The van der Waals surface area contributed by atoms with Gasteiger partial charge in [-0.3, -0.25) is 4.72 Å². The van der Waals surface area contributed by atoms with Crippen LogP contribution in [0.1, 0.15) is 11.1 Å². The second kappa shape index (κ2) is 6.45. The van der Waals surface area contributed by atoms with E-state index in [1.54, 1.807) is 12.1 Å². The third-order valence-corrected chi connectivity index (χ3v) is 4.76. The Balaban J connectivity index is 2.46. The van der Waals surface area contributed by atoms with Gasteiger partial charge in [0, 0.05) is 6.07 Å². The first-order valence-electron chi connectivity index (χ1n) is 6.80. The standard InChI is InChI=1S/C16H18FNO4S/c1-10-7-12(5-6-13(10)17)23(19,20)18-14-9-15(21-3)11(2)8-16(14)22-4/h5-9,18H,1-4H3. The van der Waals surface area contributed by atoms with Gasteiger partial charge in [-0.2, -0.15) is 0 Å². The van der Waals surface area contributed by atoms with Gasteiger partial charge in [-0.25, -0.2) is 12.8 Å². The number of benzene rings is 2. The van der Waals surface area contributed by atoms with Gasteiger partial charge in [0.1, 0.15) is 17.3 Å². The van der Waals surface area contributed by atoms with Gasteiger partial charge >= 0.3 is 0 Å². The van der Waals surface area contributed by atoms with Crippen molar-refractivity contribution in [2.24, 2.45) is 0 Å². The predicted molar refractivity (Wildman–Crippen MR) is 86.2 cm³/mol. The fourth-order valence-corrected chi connectivity index (χ4v) is 3.26. The summed E-state index contributed by atoms with van der Waals surface area (Å²) in [5.74, 6) is 0.433. The summed E-state index contributed by atoms with van der Waals surface area (Å²) in [6, 6.07) is 6.82. The molecule has 1 N–H and O–H groups in total. The molecule has 0 saturated heterocycles. The van der Waals surface area contributed by atoms with Crippen LogP contribution in [0.4, 0.5) is 10.1 Å². The third kappa shape index (κ3) is 3.56.